The smallest absolute Gasteiger partial charge is 0.221 e. The van der Waals surface area contributed by atoms with Crippen LogP contribution in [0.3, 0.4) is 0 Å². The molecule has 0 aliphatic rings. The van der Waals surface area contributed by atoms with Crippen molar-refractivity contribution in [3.63, 3.8) is 0 Å². The van der Waals surface area contributed by atoms with Crippen LogP contribution in [0.25, 0.3) is 0 Å². The van der Waals surface area contributed by atoms with Gasteiger partial charge in [-0.3, -0.25) is 4.79 Å². The number of rotatable bonds is 2. The molecule has 1 radical (unpaired) electrons. The van der Waals surface area contributed by atoms with Gasteiger partial charge in [0.15, 0.2) is 5.01 Å². The first kappa shape index (κ1) is 8.13. The molecule has 0 unspecified atom stereocenters. The molecule has 1 aromatic carbocycles. The maximum atomic E-state index is 11.6. The summed E-state index contributed by atoms with van der Waals surface area (Å²) in [6.07, 6.45) is 1.63. The van der Waals surface area contributed by atoms with Gasteiger partial charge in [-0.05, 0) is 6.07 Å². The standard InChI is InChI=1S/C10H6NOS/c12-9(10-11-6-7-13-10)8-4-2-1-3-5-8/h2-7H. The molecule has 2 aromatic rings. The molecule has 13 heavy (non-hydrogen) atoms. The predicted octanol–water partition coefficient (Wildman–Crippen LogP) is 2.17. The highest BCUT2D eigenvalue weighted by Gasteiger charge is 2.09. The Morgan fingerprint density at radius 1 is 1.38 bits per heavy atom. The number of ketones is 1. The van der Waals surface area contributed by atoms with E-state index < -0.39 is 0 Å². The molecular weight excluding hydrogens is 182 g/mol. The van der Waals surface area contributed by atoms with Gasteiger partial charge >= 0.3 is 0 Å². The molecule has 0 spiro atoms. The molecule has 0 saturated heterocycles. The van der Waals surface area contributed by atoms with Gasteiger partial charge in [0.2, 0.25) is 5.78 Å². The molecule has 0 aliphatic carbocycles. The highest BCUT2D eigenvalue weighted by atomic mass is 32.1. The third kappa shape index (κ3) is 1.65. The van der Waals surface area contributed by atoms with E-state index in [0.29, 0.717) is 10.6 Å². The number of carbonyl (C=O) groups excluding carboxylic acids is 1. The van der Waals surface area contributed by atoms with Crippen LogP contribution in [-0.2, 0) is 0 Å². The average molecular weight is 188 g/mol. The summed E-state index contributed by atoms with van der Waals surface area (Å²) in [6, 6.07) is 9.79. The Bertz CT molecular complexity index is 394. The summed E-state index contributed by atoms with van der Waals surface area (Å²) >= 11 is 1.36. The van der Waals surface area contributed by atoms with Crippen molar-refractivity contribution in [3.05, 3.63) is 52.5 Å². The van der Waals surface area contributed by atoms with Gasteiger partial charge in [0, 0.05) is 17.1 Å². The second-order valence-electron chi connectivity index (χ2n) is 2.46. The molecule has 2 nitrogen and oxygen atoms in total. The van der Waals surface area contributed by atoms with E-state index in [1.807, 2.05) is 0 Å². The van der Waals surface area contributed by atoms with Crippen LogP contribution < -0.4 is 0 Å². The molecule has 0 fully saturated rings. The number of carbonyl (C=O) groups is 1. The summed E-state index contributed by atoms with van der Waals surface area (Å²) in [5.74, 6) is -0.0241. The van der Waals surface area contributed by atoms with Crippen LogP contribution in [0.15, 0.2) is 35.8 Å². The van der Waals surface area contributed by atoms with E-state index in [-0.39, 0.29) is 5.78 Å². The molecule has 2 rings (SSSR count). The Kier molecular flexibility index (Phi) is 2.19. The normalized spacial score (nSPS) is 9.85. The number of nitrogens with zero attached hydrogens (tertiary/aromatic N) is 1. The quantitative estimate of drug-likeness (QED) is 0.676. The molecular formula is C10H6NOS. The van der Waals surface area contributed by atoms with Gasteiger partial charge < -0.3 is 0 Å². The zero-order valence-corrected chi connectivity index (χ0v) is 7.54. The monoisotopic (exact) mass is 188 g/mol. The summed E-state index contributed by atoms with van der Waals surface area (Å²) < 4.78 is 0. The summed E-state index contributed by atoms with van der Waals surface area (Å²) in [7, 11) is 0. The largest absolute Gasteiger partial charge is 0.286 e. The summed E-state index contributed by atoms with van der Waals surface area (Å²) in [4.78, 5) is 15.6. The molecule has 1 aromatic heterocycles. The molecule has 0 aliphatic heterocycles. The van der Waals surface area contributed by atoms with Crippen LogP contribution in [0.1, 0.15) is 15.4 Å². The van der Waals surface area contributed by atoms with Gasteiger partial charge in [0.1, 0.15) is 0 Å². The van der Waals surface area contributed by atoms with Gasteiger partial charge in [-0.2, -0.15) is 0 Å². The second-order valence-corrected chi connectivity index (χ2v) is 3.35. The van der Waals surface area contributed by atoms with Gasteiger partial charge in [-0.15, -0.1) is 11.3 Å². The molecule has 3 heteroatoms. The van der Waals surface area contributed by atoms with E-state index in [1.54, 1.807) is 35.8 Å². The number of aromatic nitrogens is 1. The summed E-state index contributed by atoms with van der Waals surface area (Å²) in [5, 5.41) is 2.33. The molecule has 1 heterocycles. The van der Waals surface area contributed by atoms with Gasteiger partial charge in [0.05, 0.1) is 0 Å². The maximum absolute atomic E-state index is 11.6. The molecule has 63 valence electrons. The lowest BCUT2D eigenvalue weighted by Crippen LogP contribution is -1.99. The number of thiazole rings is 1. The molecule has 0 atom stereocenters. The topological polar surface area (TPSA) is 30.0 Å². The first-order chi connectivity index (χ1) is 6.38. The van der Waals surface area contributed by atoms with E-state index in [1.165, 1.54) is 11.3 Å². The van der Waals surface area contributed by atoms with Crippen LogP contribution in [0.5, 0.6) is 0 Å². The molecule has 0 N–H and O–H groups in total. The van der Waals surface area contributed by atoms with Crippen molar-refractivity contribution in [2.24, 2.45) is 0 Å². The van der Waals surface area contributed by atoms with Crippen molar-refractivity contribution in [3.8, 4) is 0 Å². The minimum absolute atomic E-state index is 0.0241. The Balaban J connectivity index is 2.34. The van der Waals surface area contributed by atoms with Crippen LogP contribution in [0.4, 0.5) is 0 Å². The molecule has 0 saturated carbocycles. The van der Waals surface area contributed by atoms with E-state index in [2.05, 4.69) is 11.1 Å². The Morgan fingerprint density at radius 2 is 2.15 bits per heavy atom. The third-order valence-corrected chi connectivity index (χ3v) is 2.38. The Hall–Kier alpha value is -1.48. The number of hydrogen-bond acceptors (Lipinski definition) is 3. The first-order valence-corrected chi connectivity index (χ1v) is 4.66. The van der Waals surface area contributed by atoms with Gasteiger partial charge in [0.25, 0.3) is 0 Å². The highest BCUT2D eigenvalue weighted by molar-refractivity contribution is 7.11. The molecule has 0 bridgehead atoms. The maximum Gasteiger partial charge on any atom is 0.221 e. The zero-order valence-electron chi connectivity index (χ0n) is 6.73. The minimum atomic E-state index is -0.0241. The van der Waals surface area contributed by atoms with Gasteiger partial charge in [-0.25, -0.2) is 4.98 Å². The van der Waals surface area contributed by atoms with Crippen LogP contribution in [0.2, 0.25) is 0 Å². The second kappa shape index (κ2) is 3.49. The zero-order chi connectivity index (χ0) is 9.10. The van der Waals surface area contributed by atoms with Crippen LogP contribution in [0, 0.1) is 6.07 Å². The van der Waals surface area contributed by atoms with Crippen LogP contribution >= 0.6 is 11.3 Å². The third-order valence-electron chi connectivity index (χ3n) is 1.61. The number of hydrogen-bond donors (Lipinski definition) is 0. The summed E-state index contributed by atoms with van der Waals surface area (Å²) in [5.41, 5.74) is 0.661. The van der Waals surface area contributed by atoms with Crippen LogP contribution in [-0.4, -0.2) is 10.8 Å². The number of benzene rings is 1. The van der Waals surface area contributed by atoms with E-state index in [9.17, 15) is 4.79 Å². The fraction of sp³-hybridized carbons (Fsp3) is 0. The highest BCUT2D eigenvalue weighted by Crippen LogP contribution is 2.11. The van der Waals surface area contributed by atoms with E-state index >= 15 is 0 Å². The lowest BCUT2D eigenvalue weighted by molar-refractivity contribution is 0.103. The SMILES string of the molecule is O=C(c1cc[c]cc1)c1nccs1. The van der Waals surface area contributed by atoms with Crippen molar-refractivity contribution < 1.29 is 4.79 Å². The van der Waals surface area contributed by atoms with Gasteiger partial charge in [-0.1, -0.05) is 24.3 Å². The summed E-state index contributed by atoms with van der Waals surface area (Å²) in [6.45, 7) is 0. The Morgan fingerprint density at radius 3 is 2.77 bits per heavy atom. The van der Waals surface area contributed by atoms with E-state index in [0.717, 1.165) is 0 Å². The Labute approximate surface area is 79.9 Å². The van der Waals surface area contributed by atoms with Crippen molar-refractivity contribution in [2.75, 3.05) is 0 Å². The van der Waals surface area contributed by atoms with Crippen molar-refractivity contribution >= 4 is 17.1 Å². The predicted molar refractivity (Wildman–Crippen MR) is 50.8 cm³/mol. The lowest BCUT2D eigenvalue weighted by atomic mass is 10.1. The van der Waals surface area contributed by atoms with Crippen molar-refractivity contribution in [1.82, 2.24) is 4.98 Å². The van der Waals surface area contributed by atoms with Crippen molar-refractivity contribution in [2.45, 2.75) is 0 Å². The fourth-order valence-corrected chi connectivity index (χ4v) is 1.59. The first-order valence-electron chi connectivity index (χ1n) is 3.78. The van der Waals surface area contributed by atoms with E-state index in [4.69, 9.17) is 0 Å². The minimum Gasteiger partial charge on any atom is -0.286 e. The lowest BCUT2D eigenvalue weighted by Gasteiger charge is -1.94. The molecule has 0 amide bonds. The van der Waals surface area contributed by atoms with Crippen molar-refractivity contribution in [1.29, 1.82) is 0 Å². The fourth-order valence-electron chi connectivity index (χ4n) is 0.997. The average Bonchev–Trinajstić information content (AvgIpc) is 2.71.